The maximum Gasteiger partial charge on any atom is 0.330 e. The zero-order valence-corrected chi connectivity index (χ0v) is 9.89. The summed E-state index contributed by atoms with van der Waals surface area (Å²) in [5.74, 6) is -4.15. The predicted octanol–water partition coefficient (Wildman–Crippen LogP) is 3.05. The number of rotatable bonds is 6. The van der Waals surface area contributed by atoms with Crippen molar-refractivity contribution >= 4 is 11.3 Å². The molecule has 0 aromatic carbocycles. The van der Waals surface area contributed by atoms with Crippen LogP contribution in [0.5, 0.6) is 0 Å². The maximum absolute atomic E-state index is 12.7. The zero-order chi connectivity index (χ0) is 13.1. The first kappa shape index (κ1) is 14.4. The lowest BCUT2D eigenvalue weighted by atomic mass is 10.1. The van der Waals surface area contributed by atoms with Crippen molar-refractivity contribution in [1.82, 2.24) is 0 Å². The van der Waals surface area contributed by atoms with E-state index in [1.165, 1.54) is 11.3 Å². The minimum absolute atomic E-state index is 0.554. The van der Waals surface area contributed by atoms with Gasteiger partial charge in [-0.05, 0) is 18.4 Å². The standard InChI is InChI=1S/C10H13F4NOS/c1-6(15)8(7-3-2-4-17-7)16-5-10(13,14)9(11)12/h2-4,6,8-9H,5,15H2,1H3. The van der Waals surface area contributed by atoms with Gasteiger partial charge in [-0.25, -0.2) is 8.78 Å². The highest BCUT2D eigenvalue weighted by molar-refractivity contribution is 7.10. The van der Waals surface area contributed by atoms with E-state index in [-0.39, 0.29) is 0 Å². The van der Waals surface area contributed by atoms with E-state index in [0.717, 1.165) is 0 Å². The van der Waals surface area contributed by atoms with Crippen LogP contribution in [-0.2, 0) is 4.74 Å². The van der Waals surface area contributed by atoms with Crippen LogP contribution in [0, 0.1) is 0 Å². The first-order valence-corrected chi connectivity index (χ1v) is 5.79. The number of halogens is 4. The summed E-state index contributed by atoms with van der Waals surface area (Å²) < 4.78 is 54.1. The average molecular weight is 271 g/mol. The Morgan fingerprint density at radius 2 is 2.12 bits per heavy atom. The van der Waals surface area contributed by atoms with Crippen LogP contribution in [0.25, 0.3) is 0 Å². The number of nitrogens with two attached hydrogens (primary N) is 1. The van der Waals surface area contributed by atoms with Gasteiger partial charge in [0.1, 0.15) is 12.7 Å². The summed E-state index contributed by atoms with van der Waals surface area (Å²) in [5.41, 5.74) is 5.58. The summed E-state index contributed by atoms with van der Waals surface area (Å²) in [5, 5.41) is 1.74. The Kier molecular flexibility index (Phi) is 4.91. The van der Waals surface area contributed by atoms with Crippen LogP contribution in [-0.4, -0.2) is 25.0 Å². The number of ether oxygens (including phenoxy) is 1. The Morgan fingerprint density at radius 3 is 2.53 bits per heavy atom. The molecule has 0 radical (unpaired) electrons. The molecule has 2 atom stereocenters. The third-order valence-corrected chi connectivity index (χ3v) is 3.01. The molecule has 0 saturated heterocycles. The molecule has 1 rings (SSSR count). The minimum atomic E-state index is -4.15. The van der Waals surface area contributed by atoms with Crippen molar-refractivity contribution in [2.24, 2.45) is 5.73 Å². The molecular weight excluding hydrogens is 258 g/mol. The van der Waals surface area contributed by atoms with Gasteiger partial charge in [-0.3, -0.25) is 0 Å². The van der Waals surface area contributed by atoms with E-state index in [1.54, 1.807) is 24.4 Å². The molecular formula is C10H13F4NOS. The van der Waals surface area contributed by atoms with Gasteiger partial charge in [-0.1, -0.05) is 6.07 Å². The quantitative estimate of drug-likeness (QED) is 0.807. The number of alkyl halides is 4. The normalized spacial score (nSPS) is 16.2. The lowest BCUT2D eigenvalue weighted by molar-refractivity contribution is -0.178. The van der Waals surface area contributed by atoms with Crippen LogP contribution >= 0.6 is 11.3 Å². The predicted molar refractivity (Wildman–Crippen MR) is 57.6 cm³/mol. The molecule has 0 aliphatic heterocycles. The fourth-order valence-corrected chi connectivity index (χ4v) is 2.10. The van der Waals surface area contributed by atoms with Crippen LogP contribution < -0.4 is 5.73 Å². The fourth-order valence-electron chi connectivity index (χ4n) is 1.21. The van der Waals surface area contributed by atoms with Crippen LogP contribution in [0.4, 0.5) is 17.6 Å². The van der Waals surface area contributed by atoms with Crippen LogP contribution in [0.1, 0.15) is 17.9 Å². The second-order valence-corrected chi connectivity index (χ2v) is 4.65. The van der Waals surface area contributed by atoms with Gasteiger partial charge in [-0.15, -0.1) is 11.3 Å². The summed E-state index contributed by atoms with van der Waals surface area (Å²) in [6.45, 7) is 0.236. The van der Waals surface area contributed by atoms with Gasteiger partial charge in [0.05, 0.1) is 0 Å². The van der Waals surface area contributed by atoms with Crippen molar-refractivity contribution in [3.63, 3.8) is 0 Å². The molecule has 17 heavy (non-hydrogen) atoms. The highest BCUT2D eigenvalue weighted by atomic mass is 32.1. The zero-order valence-electron chi connectivity index (χ0n) is 9.08. The van der Waals surface area contributed by atoms with Crippen molar-refractivity contribution in [1.29, 1.82) is 0 Å². The van der Waals surface area contributed by atoms with Crippen LogP contribution in [0.15, 0.2) is 17.5 Å². The SMILES string of the molecule is CC(N)C(OCC(F)(F)C(F)F)c1cccs1. The summed E-state index contributed by atoms with van der Waals surface area (Å²) in [6, 6.07) is 2.82. The Bertz CT molecular complexity index is 329. The van der Waals surface area contributed by atoms with E-state index in [4.69, 9.17) is 10.5 Å². The molecule has 0 aliphatic rings. The van der Waals surface area contributed by atoms with E-state index >= 15 is 0 Å². The Balaban J connectivity index is 2.64. The van der Waals surface area contributed by atoms with E-state index in [1.807, 2.05) is 0 Å². The van der Waals surface area contributed by atoms with Gasteiger partial charge in [0, 0.05) is 10.9 Å². The molecule has 98 valence electrons. The monoisotopic (exact) mass is 271 g/mol. The van der Waals surface area contributed by atoms with Gasteiger partial charge in [0.15, 0.2) is 0 Å². The molecule has 0 saturated carbocycles. The van der Waals surface area contributed by atoms with Crippen molar-refractivity contribution in [3.8, 4) is 0 Å². The molecule has 0 amide bonds. The molecule has 1 heterocycles. The van der Waals surface area contributed by atoms with Gasteiger partial charge in [-0.2, -0.15) is 8.78 Å². The van der Waals surface area contributed by atoms with E-state index < -0.39 is 31.1 Å². The molecule has 0 bridgehead atoms. The summed E-state index contributed by atoms with van der Waals surface area (Å²) in [6.07, 6.45) is -4.53. The van der Waals surface area contributed by atoms with Crippen molar-refractivity contribution in [2.45, 2.75) is 31.4 Å². The molecule has 1 aromatic rings. The van der Waals surface area contributed by atoms with E-state index in [0.29, 0.717) is 4.88 Å². The molecule has 7 heteroatoms. The van der Waals surface area contributed by atoms with Crippen molar-refractivity contribution in [2.75, 3.05) is 6.61 Å². The third-order valence-electron chi connectivity index (χ3n) is 2.08. The second kappa shape index (κ2) is 5.79. The topological polar surface area (TPSA) is 35.2 Å². The smallest absolute Gasteiger partial charge is 0.330 e. The largest absolute Gasteiger partial charge is 0.365 e. The number of thiophene rings is 1. The lowest BCUT2D eigenvalue weighted by Gasteiger charge is -2.23. The van der Waals surface area contributed by atoms with Crippen LogP contribution in [0.3, 0.4) is 0 Å². The highest BCUT2D eigenvalue weighted by Gasteiger charge is 2.42. The molecule has 0 spiro atoms. The maximum atomic E-state index is 12.7. The Hall–Kier alpha value is -0.660. The molecule has 2 N–H and O–H groups in total. The first-order valence-electron chi connectivity index (χ1n) is 4.91. The molecule has 2 unspecified atom stereocenters. The van der Waals surface area contributed by atoms with Gasteiger partial charge >= 0.3 is 12.3 Å². The highest BCUT2D eigenvalue weighted by Crippen LogP contribution is 2.29. The lowest BCUT2D eigenvalue weighted by Crippen LogP contribution is -2.36. The third kappa shape index (κ3) is 3.93. The van der Waals surface area contributed by atoms with Gasteiger partial charge < -0.3 is 10.5 Å². The minimum Gasteiger partial charge on any atom is -0.365 e. The van der Waals surface area contributed by atoms with E-state index in [2.05, 4.69) is 0 Å². The molecule has 0 aliphatic carbocycles. The van der Waals surface area contributed by atoms with Crippen molar-refractivity contribution in [3.05, 3.63) is 22.4 Å². The first-order chi connectivity index (χ1) is 7.84. The second-order valence-electron chi connectivity index (χ2n) is 3.67. The number of hydrogen-bond donors (Lipinski definition) is 1. The summed E-state index contributed by atoms with van der Waals surface area (Å²) >= 11 is 1.28. The van der Waals surface area contributed by atoms with E-state index in [9.17, 15) is 17.6 Å². The molecule has 1 aromatic heterocycles. The van der Waals surface area contributed by atoms with Crippen molar-refractivity contribution < 1.29 is 22.3 Å². The van der Waals surface area contributed by atoms with Gasteiger partial charge in [0.25, 0.3) is 0 Å². The summed E-state index contributed by atoms with van der Waals surface area (Å²) in [7, 11) is 0. The molecule has 2 nitrogen and oxygen atoms in total. The summed E-state index contributed by atoms with van der Waals surface area (Å²) in [4.78, 5) is 0.644. The van der Waals surface area contributed by atoms with Gasteiger partial charge in [0.2, 0.25) is 0 Å². The fraction of sp³-hybridized carbons (Fsp3) is 0.600. The van der Waals surface area contributed by atoms with Crippen LogP contribution in [0.2, 0.25) is 0 Å². The Labute approximate surface area is 100 Å². The molecule has 0 fully saturated rings. The Morgan fingerprint density at radius 1 is 1.47 bits per heavy atom. The number of hydrogen-bond acceptors (Lipinski definition) is 3. The average Bonchev–Trinajstić information content (AvgIpc) is 2.70.